The standard InChI is InChI=1S/C18H18BrFN4O2/c19-13-6-12(7-14(20)8-13)18(26)23-15-3-4-16(22-9-15)24-5-1-2-11(10-24)17(21)25/h3-4,6-9,11H,1-2,5,10H2,(H2,21,25)(H,23,26). The smallest absolute Gasteiger partial charge is 0.255 e. The van der Waals surface area contributed by atoms with E-state index in [-0.39, 0.29) is 17.4 Å². The van der Waals surface area contributed by atoms with Gasteiger partial charge in [-0.25, -0.2) is 9.37 Å². The Morgan fingerprint density at radius 3 is 2.77 bits per heavy atom. The first-order chi connectivity index (χ1) is 12.4. The Kier molecular flexibility index (Phi) is 5.51. The number of nitrogens with zero attached hydrogens (tertiary/aromatic N) is 2. The van der Waals surface area contributed by atoms with E-state index in [2.05, 4.69) is 26.2 Å². The van der Waals surface area contributed by atoms with Crippen LogP contribution in [0.25, 0.3) is 0 Å². The number of anilines is 2. The fourth-order valence-corrected chi connectivity index (χ4v) is 3.42. The Bertz CT molecular complexity index is 808. The van der Waals surface area contributed by atoms with Gasteiger partial charge in [0.25, 0.3) is 5.91 Å². The Morgan fingerprint density at radius 2 is 2.12 bits per heavy atom. The van der Waals surface area contributed by atoms with Gasteiger partial charge in [-0.1, -0.05) is 15.9 Å². The lowest BCUT2D eigenvalue weighted by molar-refractivity contribution is -0.122. The molecule has 2 amide bonds. The number of amides is 2. The van der Waals surface area contributed by atoms with Crippen molar-refractivity contribution in [3.8, 4) is 0 Å². The summed E-state index contributed by atoms with van der Waals surface area (Å²) >= 11 is 3.16. The molecule has 1 fully saturated rings. The first kappa shape index (κ1) is 18.3. The van der Waals surface area contributed by atoms with Gasteiger partial charge in [-0.05, 0) is 43.2 Å². The van der Waals surface area contributed by atoms with Gasteiger partial charge >= 0.3 is 0 Å². The molecular formula is C18H18BrFN4O2. The summed E-state index contributed by atoms with van der Waals surface area (Å²) in [6.07, 6.45) is 3.21. The van der Waals surface area contributed by atoms with Gasteiger partial charge < -0.3 is 16.0 Å². The van der Waals surface area contributed by atoms with E-state index in [1.807, 2.05) is 4.90 Å². The summed E-state index contributed by atoms with van der Waals surface area (Å²) in [5.41, 5.74) is 6.11. The van der Waals surface area contributed by atoms with Gasteiger partial charge in [0.1, 0.15) is 11.6 Å². The average molecular weight is 421 g/mol. The molecule has 3 N–H and O–H groups in total. The van der Waals surface area contributed by atoms with Gasteiger partial charge in [0.2, 0.25) is 5.91 Å². The highest BCUT2D eigenvalue weighted by atomic mass is 79.9. The van der Waals surface area contributed by atoms with Crippen molar-refractivity contribution in [2.45, 2.75) is 12.8 Å². The fourth-order valence-electron chi connectivity index (χ4n) is 2.95. The van der Waals surface area contributed by atoms with Crippen molar-refractivity contribution < 1.29 is 14.0 Å². The lowest BCUT2D eigenvalue weighted by Gasteiger charge is -2.32. The highest BCUT2D eigenvalue weighted by Gasteiger charge is 2.24. The summed E-state index contributed by atoms with van der Waals surface area (Å²) in [6.45, 7) is 1.35. The van der Waals surface area contributed by atoms with E-state index in [9.17, 15) is 14.0 Å². The number of piperidine rings is 1. The van der Waals surface area contributed by atoms with Gasteiger partial charge in [0.15, 0.2) is 0 Å². The van der Waals surface area contributed by atoms with Crippen molar-refractivity contribution in [3.05, 3.63) is 52.4 Å². The number of hydrogen-bond acceptors (Lipinski definition) is 4. The lowest BCUT2D eigenvalue weighted by Crippen LogP contribution is -2.41. The van der Waals surface area contributed by atoms with E-state index in [0.717, 1.165) is 25.2 Å². The minimum atomic E-state index is -0.493. The normalized spacial score (nSPS) is 17.0. The zero-order chi connectivity index (χ0) is 18.7. The first-order valence-electron chi connectivity index (χ1n) is 8.20. The molecule has 2 aromatic rings. The zero-order valence-electron chi connectivity index (χ0n) is 13.9. The number of aromatic nitrogens is 1. The molecule has 8 heteroatoms. The molecule has 0 bridgehead atoms. The van der Waals surface area contributed by atoms with Gasteiger partial charge in [0, 0.05) is 23.1 Å². The number of pyridine rings is 1. The molecule has 1 unspecified atom stereocenters. The van der Waals surface area contributed by atoms with E-state index in [4.69, 9.17) is 5.73 Å². The van der Waals surface area contributed by atoms with E-state index >= 15 is 0 Å². The second kappa shape index (κ2) is 7.82. The lowest BCUT2D eigenvalue weighted by atomic mass is 9.97. The van der Waals surface area contributed by atoms with Crippen molar-refractivity contribution in [1.29, 1.82) is 0 Å². The summed E-state index contributed by atoms with van der Waals surface area (Å²) in [5, 5.41) is 2.69. The monoisotopic (exact) mass is 420 g/mol. The fraction of sp³-hybridized carbons (Fsp3) is 0.278. The number of primary amides is 1. The van der Waals surface area contributed by atoms with Crippen LogP contribution in [0.15, 0.2) is 41.0 Å². The van der Waals surface area contributed by atoms with Crippen LogP contribution < -0.4 is 16.0 Å². The van der Waals surface area contributed by atoms with Crippen molar-refractivity contribution >= 4 is 39.2 Å². The molecule has 2 heterocycles. The van der Waals surface area contributed by atoms with Crippen LogP contribution in [0.4, 0.5) is 15.9 Å². The Balaban J connectivity index is 1.67. The van der Waals surface area contributed by atoms with Crippen LogP contribution >= 0.6 is 15.9 Å². The highest BCUT2D eigenvalue weighted by molar-refractivity contribution is 9.10. The topological polar surface area (TPSA) is 88.3 Å². The van der Waals surface area contributed by atoms with Gasteiger partial charge in [-0.2, -0.15) is 0 Å². The van der Waals surface area contributed by atoms with Crippen LogP contribution in [-0.2, 0) is 4.79 Å². The minimum Gasteiger partial charge on any atom is -0.369 e. The number of halogens is 2. The number of carbonyl (C=O) groups excluding carboxylic acids is 2. The second-order valence-electron chi connectivity index (χ2n) is 6.20. The number of rotatable bonds is 4. The first-order valence-corrected chi connectivity index (χ1v) is 8.99. The molecule has 6 nitrogen and oxygen atoms in total. The molecule has 0 radical (unpaired) electrons. The predicted molar refractivity (Wildman–Crippen MR) is 100 cm³/mol. The molecule has 1 aromatic heterocycles. The molecule has 1 saturated heterocycles. The second-order valence-corrected chi connectivity index (χ2v) is 7.12. The third kappa shape index (κ3) is 4.37. The maximum atomic E-state index is 13.4. The molecule has 1 aliphatic rings. The Labute approximate surface area is 158 Å². The molecule has 0 aliphatic carbocycles. The zero-order valence-corrected chi connectivity index (χ0v) is 15.5. The SMILES string of the molecule is NC(=O)C1CCCN(c2ccc(NC(=O)c3cc(F)cc(Br)c3)cn2)C1. The predicted octanol–water partition coefficient (Wildman–Crippen LogP) is 2.94. The molecule has 1 atom stereocenters. The maximum Gasteiger partial charge on any atom is 0.255 e. The van der Waals surface area contributed by atoms with E-state index in [1.54, 1.807) is 12.1 Å². The third-order valence-corrected chi connectivity index (χ3v) is 4.74. The maximum absolute atomic E-state index is 13.4. The third-order valence-electron chi connectivity index (χ3n) is 4.28. The van der Waals surface area contributed by atoms with Crippen LogP contribution in [0.2, 0.25) is 0 Å². The van der Waals surface area contributed by atoms with Crippen LogP contribution in [0.3, 0.4) is 0 Å². The summed E-state index contributed by atoms with van der Waals surface area (Å²) in [7, 11) is 0. The van der Waals surface area contributed by atoms with Crippen molar-refractivity contribution in [3.63, 3.8) is 0 Å². The Hall–Kier alpha value is -2.48. The number of nitrogens with two attached hydrogens (primary N) is 1. The molecule has 1 aromatic carbocycles. The van der Waals surface area contributed by atoms with Crippen LogP contribution in [-0.4, -0.2) is 29.9 Å². The molecule has 136 valence electrons. The molecule has 1 aliphatic heterocycles. The van der Waals surface area contributed by atoms with Crippen molar-refractivity contribution in [2.24, 2.45) is 11.7 Å². The molecule has 3 rings (SSSR count). The largest absolute Gasteiger partial charge is 0.369 e. The van der Waals surface area contributed by atoms with Gasteiger partial charge in [0.05, 0.1) is 17.8 Å². The van der Waals surface area contributed by atoms with E-state index < -0.39 is 11.7 Å². The van der Waals surface area contributed by atoms with Gasteiger partial charge in [-0.15, -0.1) is 0 Å². The summed E-state index contributed by atoms with van der Waals surface area (Å²) in [6, 6.07) is 7.49. The molecule has 0 spiro atoms. The quantitative estimate of drug-likeness (QED) is 0.795. The number of hydrogen-bond donors (Lipinski definition) is 2. The van der Waals surface area contributed by atoms with Crippen LogP contribution in [0.1, 0.15) is 23.2 Å². The Morgan fingerprint density at radius 1 is 1.31 bits per heavy atom. The van der Waals surface area contributed by atoms with Crippen LogP contribution in [0.5, 0.6) is 0 Å². The summed E-state index contributed by atoms with van der Waals surface area (Å²) in [4.78, 5) is 30.0. The molecular weight excluding hydrogens is 403 g/mol. The number of benzene rings is 1. The molecule has 26 heavy (non-hydrogen) atoms. The molecule has 0 saturated carbocycles. The summed E-state index contributed by atoms with van der Waals surface area (Å²) in [5.74, 6) is -0.655. The van der Waals surface area contributed by atoms with Crippen molar-refractivity contribution in [2.75, 3.05) is 23.3 Å². The van der Waals surface area contributed by atoms with Crippen molar-refractivity contribution in [1.82, 2.24) is 4.98 Å². The van der Waals surface area contributed by atoms with E-state index in [1.165, 1.54) is 24.4 Å². The average Bonchev–Trinajstić information content (AvgIpc) is 2.61. The van der Waals surface area contributed by atoms with Gasteiger partial charge in [-0.3, -0.25) is 9.59 Å². The minimum absolute atomic E-state index is 0.170. The summed E-state index contributed by atoms with van der Waals surface area (Å²) < 4.78 is 13.9. The van der Waals surface area contributed by atoms with E-state index in [0.29, 0.717) is 16.7 Å². The number of nitrogens with one attached hydrogen (secondary N) is 1. The highest BCUT2D eigenvalue weighted by Crippen LogP contribution is 2.23. The number of carbonyl (C=O) groups is 2. The van der Waals surface area contributed by atoms with Crippen LogP contribution in [0, 0.1) is 11.7 Å².